The minimum atomic E-state index is -1.31. The molecule has 0 bridgehead atoms. The molecule has 0 saturated heterocycles. The first-order valence-electron chi connectivity index (χ1n) is 7.37. The zero-order chi connectivity index (χ0) is 16.8. The highest BCUT2D eigenvalue weighted by atomic mass is 19.1. The number of ether oxygens (including phenoxy) is 1. The summed E-state index contributed by atoms with van der Waals surface area (Å²) >= 11 is 0. The lowest BCUT2D eigenvalue weighted by Gasteiger charge is -2.23. The molecule has 7 heteroatoms. The summed E-state index contributed by atoms with van der Waals surface area (Å²) in [6.07, 6.45) is 2.02. The van der Waals surface area contributed by atoms with Gasteiger partial charge in [-0.3, -0.25) is 4.79 Å². The lowest BCUT2D eigenvalue weighted by molar-refractivity contribution is -0.152. The third-order valence-corrected chi connectivity index (χ3v) is 3.35. The molecule has 1 heterocycles. The number of nitrogens with one attached hydrogen (secondary N) is 1. The number of esters is 1. The van der Waals surface area contributed by atoms with E-state index in [0.29, 0.717) is 24.3 Å². The lowest BCUT2D eigenvalue weighted by Crippen LogP contribution is -2.30. The summed E-state index contributed by atoms with van der Waals surface area (Å²) < 4.78 is 18.9. The zero-order valence-electron chi connectivity index (χ0n) is 12.8. The Morgan fingerprint density at radius 2 is 2.30 bits per heavy atom. The Morgan fingerprint density at radius 1 is 1.52 bits per heavy atom. The summed E-state index contributed by atoms with van der Waals surface area (Å²) in [5.74, 6) is -1.16. The number of allylic oxidation sites excluding steroid dienone is 1. The molecule has 2 N–H and O–H groups in total. The van der Waals surface area contributed by atoms with Crippen LogP contribution in [0.5, 0.6) is 0 Å². The predicted molar refractivity (Wildman–Crippen MR) is 83.6 cm³/mol. The van der Waals surface area contributed by atoms with Crippen molar-refractivity contribution < 1.29 is 23.8 Å². The van der Waals surface area contributed by atoms with Crippen LogP contribution in [0.25, 0.3) is 0 Å². The maximum absolute atomic E-state index is 14.2. The topological polar surface area (TPSA) is 78.9 Å². The van der Waals surface area contributed by atoms with E-state index in [-0.39, 0.29) is 18.9 Å². The number of ketones is 1. The summed E-state index contributed by atoms with van der Waals surface area (Å²) in [5, 5.41) is 12.4. The van der Waals surface area contributed by atoms with Gasteiger partial charge in [-0.05, 0) is 31.2 Å². The van der Waals surface area contributed by atoms with Crippen molar-refractivity contribution in [3.05, 3.63) is 36.3 Å². The lowest BCUT2D eigenvalue weighted by atomic mass is 10.1. The van der Waals surface area contributed by atoms with Crippen LogP contribution < -0.4 is 10.2 Å². The molecule has 1 aliphatic heterocycles. The summed E-state index contributed by atoms with van der Waals surface area (Å²) in [4.78, 5) is 24.1. The normalized spacial score (nSPS) is 15.4. The first-order valence-corrected chi connectivity index (χ1v) is 7.37. The molecule has 0 fully saturated rings. The molecule has 0 saturated carbocycles. The van der Waals surface area contributed by atoms with Gasteiger partial charge in [0.15, 0.2) is 11.9 Å². The van der Waals surface area contributed by atoms with Gasteiger partial charge in [0.1, 0.15) is 5.82 Å². The summed E-state index contributed by atoms with van der Waals surface area (Å²) in [6, 6.07) is 4.49. The minimum Gasteiger partial charge on any atom is -0.464 e. The Morgan fingerprint density at radius 3 is 2.91 bits per heavy atom. The van der Waals surface area contributed by atoms with Crippen LogP contribution in [0, 0.1) is 5.82 Å². The van der Waals surface area contributed by atoms with Crippen LogP contribution in [0.4, 0.5) is 15.8 Å². The number of halogens is 1. The van der Waals surface area contributed by atoms with Gasteiger partial charge in [-0.25, -0.2) is 9.18 Å². The second-order valence-corrected chi connectivity index (χ2v) is 5.04. The third kappa shape index (κ3) is 4.53. The first kappa shape index (κ1) is 17.0. The van der Waals surface area contributed by atoms with E-state index < -0.39 is 17.9 Å². The van der Waals surface area contributed by atoms with Crippen LogP contribution in [0.1, 0.15) is 13.3 Å². The molecule has 1 aromatic rings. The highest BCUT2D eigenvalue weighted by Gasteiger charge is 2.17. The molecule has 0 unspecified atom stereocenters. The van der Waals surface area contributed by atoms with E-state index in [2.05, 4.69) is 10.1 Å². The first-order chi connectivity index (χ1) is 11.0. The molecule has 2 rings (SSSR count). The fourth-order valence-electron chi connectivity index (χ4n) is 2.15. The molecule has 1 atom stereocenters. The molecule has 1 aromatic carbocycles. The number of carbonyl (C=O) groups is 2. The van der Waals surface area contributed by atoms with E-state index in [1.165, 1.54) is 12.1 Å². The maximum Gasteiger partial charge on any atom is 0.336 e. The van der Waals surface area contributed by atoms with E-state index >= 15 is 0 Å². The van der Waals surface area contributed by atoms with Crippen molar-refractivity contribution >= 4 is 23.1 Å². The monoisotopic (exact) mass is 322 g/mol. The molecule has 0 radical (unpaired) electrons. The molecular formula is C16H19FN2O4. The second kappa shape index (κ2) is 7.73. The van der Waals surface area contributed by atoms with E-state index in [1.807, 2.05) is 0 Å². The van der Waals surface area contributed by atoms with Crippen LogP contribution >= 0.6 is 0 Å². The Bertz CT molecular complexity index is 618. The average molecular weight is 322 g/mol. The van der Waals surface area contributed by atoms with Gasteiger partial charge in [-0.15, -0.1) is 0 Å². The van der Waals surface area contributed by atoms with E-state index in [0.717, 1.165) is 0 Å². The zero-order valence-corrected chi connectivity index (χ0v) is 12.8. The molecule has 124 valence electrons. The van der Waals surface area contributed by atoms with Crippen molar-refractivity contribution in [2.45, 2.75) is 19.4 Å². The van der Waals surface area contributed by atoms with Crippen LogP contribution in [0.15, 0.2) is 30.5 Å². The number of rotatable bonds is 6. The van der Waals surface area contributed by atoms with Crippen LogP contribution in [-0.4, -0.2) is 42.7 Å². The van der Waals surface area contributed by atoms with Gasteiger partial charge in [0.05, 0.1) is 18.8 Å². The van der Waals surface area contributed by atoms with Crippen molar-refractivity contribution in [2.24, 2.45) is 0 Å². The number of nitrogens with zero attached hydrogens (tertiary/aromatic N) is 1. The summed E-state index contributed by atoms with van der Waals surface area (Å²) in [5.41, 5.74) is 0.803. The Balaban J connectivity index is 1.98. The van der Waals surface area contributed by atoms with Crippen molar-refractivity contribution in [2.75, 3.05) is 29.9 Å². The number of aliphatic hydroxyl groups excluding tert-OH is 1. The number of carbonyl (C=O) groups excluding carboxylic acids is 2. The standard InChI is InChI=1S/C16H19FN2O4/c1-2-23-16(22)15(21)10-18-11-3-4-14(13(17)9-11)19-7-5-12(20)6-8-19/h3-5,7,9,15,18,21H,2,6,8,10H2,1H3/t15-/m1/s1. The Labute approximate surface area is 133 Å². The number of benzene rings is 1. The smallest absolute Gasteiger partial charge is 0.336 e. The quantitative estimate of drug-likeness (QED) is 0.772. The molecule has 0 amide bonds. The van der Waals surface area contributed by atoms with Gasteiger partial charge in [-0.2, -0.15) is 0 Å². The molecular weight excluding hydrogens is 303 g/mol. The van der Waals surface area contributed by atoms with Gasteiger partial charge in [0, 0.05) is 24.9 Å². The fraction of sp³-hybridized carbons (Fsp3) is 0.375. The number of aliphatic hydroxyl groups is 1. The number of hydrogen-bond acceptors (Lipinski definition) is 6. The molecule has 1 aliphatic rings. The molecule has 23 heavy (non-hydrogen) atoms. The number of anilines is 2. The van der Waals surface area contributed by atoms with Gasteiger partial charge in [0.2, 0.25) is 0 Å². The Hall–Kier alpha value is -2.41. The predicted octanol–water partition coefficient (Wildman–Crippen LogP) is 1.45. The molecule has 6 nitrogen and oxygen atoms in total. The fourth-order valence-corrected chi connectivity index (χ4v) is 2.15. The third-order valence-electron chi connectivity index (χ3n) is 3.35. The highest BCUT2D eigenvalue weighted by Crippen LogP contribution is 2.24. The summed E-state index contributed by atoms with van der Waals surface area (Å²) in [6.45, 7) is 2.19. The van der Waals surface area contributed by atoms with Crippen LogP contribution in [-0.2, 0) is 14.3 Å². The van der Waals surface area contributed by atoms with E-state index in [1.54, 1.807) is 30.2 Å². The van der Waals surface area contributed by atoms with Crippen molar-refractivity contribution in [1.82, 2.24) is 0 Å². The number of hydrogen-bond donors (Lipinski definition) is 2. The van der Waals surface area contributed by atoms with E-state index in [4.69, 9.17) is 0 Å². The molecule has 0 spiro atoms. The summed E-state index contributed by atoms with van der Waals surface area (Å²) in [7, 11) is 0. The molecule has 0 aliphatic carbocycles. The van der Waals surface area contributed by atoms with Crippen LogP contribution in [0.3, 0.4) is 0 Å². The van der Waals surface area contributed by atoms with E-state index in [9.17, 15) is 19.1 Å². The Kier molecular flexibility index (Phi) is 5.70. The second-order valence-electron chi connectivity index (χ2n) is 5.04. The van der Waals surface area contributed by atoms with Gasteiger partial charge in [-0.1, -0.05) is 0 Å². The van der Waals surface area contributed by atoms with Crippen LogP contribution in [0.2, 0.25) is 0 Å². The van der Waals surface area contributed by atoms with Crippen molar-refractivity contribution in [1.29, 1.82) is 0 Å². The highest BCUT2D eigenvalue weighted by molar-refractivity contribution is 5.91. The van der Waals surface area contributed by atoms with Gasteiger partial charge in [0.25, 0.3) is 0 Å². The minimum absolute atomic E-state index is 0.0212. The van der Waals surface area contributed by atoms with Gasteiger partial charge < -0.3 is 20.1 Å². The van der Waals surface area contributed by atoms with Crippen molar-refractivity contribution in [3.8, 4) is 0 Å². The SMILES string of the molecule is CCOC(=O)[C@H](O)CNc1ccc(N2C=CC(=O)CC2)c(F)c1. The van der Waals surface area contributed by atoms with Gasteiger partial charge >= 0.3 is 5.97 Å². The van der Waals surface area contributed by atoms with Crippen molar-refractivity contribution in [3.63, 3.8) is 0 Å². The molecule has 0 aromatic heterocycles. The average Bonchev–Trinajstić information content (AvgIpc) is 2.54. The largest absolute Gasteiger partial charge is 0.464 e. The maximum atomic E-state index is 14.2.